The Kier molecular flexibility index (Phi) is 3.23. The molecule has 0 nitrogen and oxygen atoms in total. The SMILES string of the molecule is C#CCC[C@@H]1CCCCC1=C. The van der Waals surface area contributed by atoms with Crippen molar-refractivity contribution in [3.8, 4) is 12.3 Å². The van der Waals surface area contributed by atoms with Gasteiger partial charge in [0.1, 0.15) is 0 Å². The lowest BCUT2D eigenvalue weighted by Crippen LogP contribution is -2.08. The maximum absolute atomic E-state index is 5.21. The van der Waals surface area contributed by atoms with Crippen molar-refractivity contribution in [3.05, 3.63) is 12.2 Å². The highest BCUT2D eigenvalue weighted by atomic mass is 14.2. The van der Waals surface area contributed by atoms with Crippen LogP contribution < -0.4 is 0 Å². The quantitative estimate of drug-likeness (QED) is 0.417. The highest BCUT2D eigenvalue weighted by Crippen LogP contribution is 2.30. The molecule has 0 radical (unpaired) electrons. The predicted molar refractivity (Wildman–Crippen MR) is 49.2 cm³/mol. The van der Waals surface area contributed by atoms with Gasteiger partial charge in [-0.05, 0) is 31.6 Å². The van der Waals surface area contributed by atoms with E-state index in [9.17, 15) is 0 Å². The summed E-state index contributed by atoms with van der Waals surface area (Å²) < 4.78 is 0. The molecule has 0 aliphatic heterocycles. The Morgan fingerprint density at radius 2 is 2.36 bits per heavy atom. The Morgan fingerprint density at radius 1 is 1.55 bits per heavy atom. The molecule has 60 valence electrons. The van der Waals surface area contributed by atoms with Crippen LogP contribution in [0.1, 0.15) is 38.5 Å². The van der Waals surface area contributed by atoms with Crippen LogP contribution >= 0.6 is 0 Å². The molecule has 11 heavy (non-hydrogen) atoms. The molecule has 1 fully saturated rings. The summed E-state index contributed by atoms with van der Waals surface area (Å²) in [5.41, 5.74) is 1.44. The molecule has 0 aromatic heterocycles. The first-order chi connectivity index (χ1) is 5.34. The Morgan fingerprint density at radius 3 is 3.00 bits per heavy atom. The van der Waals surface area contributed by atoms with E-state index in [-0.39, 0.29) is 0 Å². The van der Waals surface area contributed by atoms with E-state index >= 15 is 0 Å². The molecule has 0 spiro atoms. The largest absolute Gasteiger partial charge is 0.120 e. The minimum atomic E-state index is 0.736. The van der Waals surface area contributed by atoms with Gasteiger partial charge in [0, 0.05) is 6.42 Å². The van der Waals surface area contributed by atoms with Gasteiger partial charge in [0.15, 0.2) is 0 Å². The standard InChI is InChI=1S/C11H16/c1-3-4-8-11-9-6-5-7-10(11)2/h1,11H,2,4-9H2/t11-/m1/s1. The van der Waals surface area contributed by atoms with Crippen LogP contribution in [0.4, 0.5) is 0 Å². The molecule has 0 saturated heterocycles. The minimum Gasteiger partial charge on any atom is -0.120 e. The predicted octanol–water partition coefficient (Wildman–Crippen LogP) is 3.15. The third-order valence-corrected chi connectivity index (χ3v) is 2.51. The zero-order valence-electron chi connectivity index (χ0n) is 7.10. The molecule has 1 aliphatic carbocycles. The molecule has 1 rings (SSSR count). The molecule has 0 bridgehead atoms. The fourth-order valence-electron chi connectivity index (χ4n) is 1.76. The van der Waals surface area contributed by atoms with Crippen LogP contribution in [0.15, 0.2) is 12.2 Å². The van der Waals surface area contributed by atoms with E-state index in [4.69, 9.17) is 6.42 Å². The van der Waals surface area contributed by atoms with Gasteiger partial charge in [0.05, 0.1) is 0 Å². The van der Waals surface area contributed by atoms with Gasteiger partial charge in [-0.1, -0.05) is 18.6 Å². The van der Waals surface area contributed by atoms with Crippen LogP contribution in [-0.4, -0.2) is 0 Å². The summed E-state index contributed by atoms with van der Waals surface area (Å²) in [7, 11) is 0. The average Bonchev–Trinajstić information content (AvgIpc) is 2.03. The van der Waals surface area contributed by atoms with Crippen molar-refractivity contribution in [1.29, 1.82) is 0 Å². The summed E-state index contributed by atoms with van der Waals surface area (Å²) in [5, 5.41) is 0. The Bertz CT molecular complexity index is 171. The highest BCUT2D eigenvalue weighted by molar-refractivity contribution is 5.04. The first-order valence-electron chi connectivity index (χ1n) is 4.45. The topological polar surface area (TPSA) is 0 Å². The second-order valence-electron chi connectivity index (χ2n) is 3.34. The van der Waals surface area contributed by atoms with E-state index in [1.165, 1.54) is 31.3 Å². The number of hydrogen-bond acceptors (Lipinski definition) is 0. The molecule has 0 heterocycles. The fourth-order valence-corrected chi connectivity index (χ4v) is 1.76. The number of hydrogen-bond donors (Lipinski definition) is 0. The summed E-state index contributed by atoms with van der Waals surface area (Å²) in [6.07, 6.45) is 12.6. The summed E-state index contributed by atoms with van der Waals surface area (Å²) >= 11 is 0. The monoisotopic (exact) mass is 148 g/mol. The summed E-state index contributed by atoms with van der Waals surface area (Å²) in [6, 6.07) is 0. The minimum absolute atomic E-state index is 0.736. The van der Waals surface area contributed by atoms with Crippen molar-refractivity contribution < 1.29 is 0 Å². The van der Waals surface area contributed by atoms with Crippen molar-refractivity contribution in [3.63, 3.8) is 0 Å². The third-order valence-electron chi connectivity index (χ3n) is 2.51. The molecule has 1 aliphatic rings. The summed E-state index contributed by atoms with van der Waals surface area (Å²) in [6.45, 7) is 4.08. The molecule has 0 amide bonds. The Balaban J connectivity index is 2.31. The molecule has 1 saturated carbocycles. The van der Waals surface area contributed by atoms with E-state index in [1.54, 1.807) is 0 Å². The maximum Gasteiger partial charge on any atom is 0.00917 e. The van der Waals surface area contributed by atoms with E-state index in [1.807, 2.05) is 0 Å². The number of rotatable bonds is 2. The summed E-state index contributed by atoms with van der Waals surface area (Å²) in [5.74, 6) is 3.43. The van der Waals surface area contributed by atoms with Gasteiger partial charge in [-0.2, -0.15) is 0 Å². The normalized spacial score (nSPS) is 24.6. The van der Waals surface area contributed by atoms with E-state index in [0.717, 1.165) is 18.8 Å². The van der Waals surface area contributed by atoms with Crippen molar-refractivity contribution in [2.24, 2.45) is 5.92 Å². The lowest BCUT2D eigenvalue weighted by Gasteiger charge is -2.23. The van der Waals surface area contributed by atoms with Gasteiger partial charge in [0.2, 0.25) is 0 Å². The Labute approximate surface area is 69.7 Å². The molecular formula is C11H16. The number of allylic oxidation sites excluding steroid dienone is 1. The zero-order valence-corrected chi connectivity index (χ0v) is 7.10. The van der Waals surface area contributed by atoms with E-state index in [2.05, 4.69) is 12.5 Å². The molecule has 1 atom stereocenters. The smallest absolute Gasteiger partial charge is 0.00917 e. The Hall–Kier alpha value is -0.700. The summed E-state index contributed by atoms with van der Waals surface area (Å²) in [4.78, 5) is 0. The maximum atomic E-state index is 5.21. The molecule has 0 N–H and O–H groups in total. The molecule has 0 aromatic rings. The second-order valence-corrected chi connectivity index (χ2v) is 3.34. The average molecular weight is 148 g/mol. The third kappa shape index (κ3) is 2.42. The molecular weight excluding hydrogens is 132 g/mol. The van der Waals surface area contributed by atoms with Gasteiger partial charge in [-0.25, -0.2) is 0 Å². The lowest BCUT2D eigenvalue weighted by atomic mass is 9.82. The van der Waals surface area contributed by atoms with Crippen molar-refractivity contribution in [1.82, 2.24) is 0 Å². The first-order valence-corrected chi connectivity index (χ1v) is 4.45. The van der Waals surface area contributed by atoms with E-state index in [0.29, 0.717) is 0 Å². The van der Waals surface area contributed by atoms with Crippen LogP contribution in [0.2, 0.25) is 0 Å². The molecule has 0 aromatic carbocycles. The van der Waals surface area contributed by atoms with Gasteiger partial charge >= 0.3 is 0 Å². The van der Waals surface area contributed by atoms with Crippen molar-refractivity contribution in [2.75, 3.05) is 0 Å². The van der Waals surface area contributed by atoms with Crippen LogP contribution in [0.25, 0.3) is 0 Å². The lowest BCUT2D eigenvalue weighted by molar-refractivity contribution is 0.434. The first kappa shape index (κ1) is 8.40. The highest BCUT2D eigenvalue weighted by Gasteiger charge is 2.15. The van der Waals surface area contributed by atoms with Crippen LogP contribution in [-0.2, 0) is 0 Å². The number of terminal acetylenes is 1. The molecule has 0 heteroatoms. The van der Waals surface area contributed by atoms with Crippen LogP contribution in [0.3, 0.4) is 0 Å². The zero-order chi connectivity index (χ0) is 8.10. The van der Waals surface area contributed by atoms with Gasteiger partial charge < -0.3 is 0 Å². The fraction of sp³-hybridized carbons (Fsp3) is 0.636. The van der Waals surface area contributed by atoms with E-state index < -0.39 is 0 Å². The van der Waals surface area contributed by atoms with Crippen LogP contribution in [0, 0.1) is 18.3 Å². The van der Waals surface area contributed by atoms with Gasteiger partial charge in [-0.15, -0.1) is 12.3 Å². The second kappa shape index (κ2) is 4.23. The van der Waals surface area contributed by atoms with Crippen molar-refractivity contribution in [2.45, 2.75) is 38.5 Å². The van der Waals surface area contributed by atoms with Crippen molar-refractivity contribution >= 4 is 0 Å². The van der Waals surface area contributed by atoms with Gasteiger partial charge in [0.25, 0.3) is 0 Å². The van der Waals surface area contributed by atoms with Crippen LogP contribution in [0.5, 0.6) is 0 Å². The van der Waals surface area contributed by atoms with Gasteiger partial charge in [-0.3, -0.25) is 0 Å². The molecule has 0 unspecified atom stereocenters.